The summed E-state index contributed by atoms with van der Waals surface area (Å²) >= 11 is 5.98. The van der Waals surface area contributed by atoms with Gasteiger partial charge in [0.05, 0.1) is 28.4 Å². The molecule has 0 saturated heterocycles. The van der Waals surface area contributed by atoms with Crippen molar-refractivity contribution in [2.45, 2.75) is 37.8 Å². The van der Waals surface area contributed by atoms with Crippen LogP contribution in [0.3, 0.4) is 0 Å². The number of nitrogens with zero attached hydrogens (tertiary/aromatic N) is 3. The number of para-hydroxylation sites is 1. The summed E-state index contributed by atoms with van der Waals surface area (Å²) in [7, 11) is -3.86. The van der Waals surface area contributed by atoms with E-state index in [1.165, 1.54) is 16.4 Å². The Hall–Kier alpha value is -3.00. The van der Waals surface area contributed by atoms with Crippen molar-refractivity contribution in [3.63, 3.8) is 0 Å². The van der Waals surface area contributed by atoms with Crippen LogP contribution in [0.1, 0.15) is 37.7 Å². The third-order valence-electron chi connectivity index (χ3n) is 5.74. The highest BCUT2D eigenvalue weighted by Crippen LogP contribution is 2.28. The Labute approximate surface area is 204 Å². The second-order valence-electron chi connectivity index (χ2n) is 8.11. The molecule has 0 fully saturated rings. The summed E-state index contributed by atoms with van der Waals surface area (Å²) in [4.78, 5) is 18.5. The van der Waals surface area contributed by atoms with Crippen molar-refractivity contribution in [1.82, 2.24) is 13.9 Å². The van der Waals surface area contributed by atoms with E-state index in [-0.39, 0.29) is 23.5 Å². The molecular weight excluding hydrogens is 470 g/mol. The molecule has 0 amide bonds. The number of aromatic nitrogens is 2. The van der Waals surface area contributed by atoms with E-state index in [4.69, 9.17) is 16.6 Å². The molecule has 0 radical (unpaired) electrons. The molecule has 4 aromatic rings. The molecule has 0 bridgehead atoms. The zero-order valence-corrected chi connectivity index (χ0v) is 20.6. The maximum atomic E-state index is 13.6. The monoisotopic (exact) mass is 495 g/mol. The van der Waals surface area contributed by atoms with E-state index in [1.807, 2.05) is 43.3 Å². The molecule has 3 aromatic carbocycles. The van der Waals surface area contributed by atoms with Gasteiger partial charge in [0.1, 0.15) is 5.82 Å². The van der Waals surface area contributed by atoms with Gasteiger partial charge < -0.3 is 0 Å². The molecule has 0 spiro atoms. The predicted molar refractivity (Wildman–Crippen MR) is 136 cm³/mol. The van der Waals surface area contributed by atoms with E-state index in [9.17, 15) is 13.2 Å². The topological polar surface area (TPSA) is 72.3 Å². The first-order valence-electron chi connectivity index (χ1n) is 11.1. The van der Waals surface area contributed by atoms with Crippen molar-refractivity contribution in [2.75, 3.05) is 6.54 Å². The van der Waals surface area contributed by atoms with E-state index in [2.05, 4.69) is 0 Å². The zero-order chi connectivity index (χ0) is 24.3. The first-order valence-corrected chi connectivity index (χ1v) is 13.0. The highest BCUT2D eigenvalue weighted by molar-refractivity contribution is 7.89. The van der Waals surface area contributed by atoms with Gasteiger partial charge in [-0.05, 0) is 55.3 Å². The molecule has 1 heterocycles. The minimum absolute atomic E-state index is 0.148. The molecule has 0 N–H and O–H groups in total. The van der Waals surface area contributed by atoms with Crippen LogP contribution in [0.15, 0.2) is 88.6 Å². The maximum Gasteiger partial charge on any atom is 0.261 e. The molecule has 0 aliphatic carbocycles. The highest BCUT2D eigenvalue weighted by atomic mass is 35.5. The van der Waals surface area contributed by atoms with Crippen LogP contribution < -0.4 is 5.56 Å². The lowest BCUT2D eigenvalue weighted by molar-refractivity contribution is 0.322. The van der Waals surface area contributed by atoms with Crippen LogP contribution in [-0.2, 0) is 16.6 Å². The van der Waals surface area contributed by atoms with Crippen LogP contribution in [0.5, 0.6) is 0 Å². The number of hydrogen-bond donors (Lipinski definition) is 0. The van der Waals surface area contributed by atoms with E-state index >= 15 is 0 Å². The summed E-state index contributed by atoms with van der Waals surface area (Å²) < 4.78 is 30.3. The van der Waals surface area contributed by atoms with Crippen LogP contribution in [0.2, 0.25) is 5.02 Å². The summed E-state index contributed by atoms with van der Waals surface area (Å²) in [5.41, 5.74) is 1.27. The van der Waals surface area contributed by atoms with Gasteiger partial charge in [0, 0.05) is 11.6 Å². The van der Waals surface area contributed by atoms with Crippen molar-refractivity contribution in [1.29, 1.82) is 0 Å². The van der Waals surface area contributed by atoms with E-state index in [0.29, 0.717) is 28.2 Å². The Morgan fingerprint density at radius 3 is 2.29 bits per heavy atom. The van der Waals surface area contributed by atoms with Gasteiger partial charge in [-0.3, -0.25) is 9.36 Å². The Kier molecular flexibility index (Phi) is 7.16. The fourth-order valence-corrected chi connectivity index (χ4v) is 5.85. The summed E-state index contributed by atoms with van der Waals surface area (Å²) in [5, 5.41) is 0.957. The fraction of sp³-hybridized carbons (Fsp3) is 0.231. The standard InChI is InChI=1S/C26H26ClN3O3S/c1-3-17-30(34(32,33)22-15-13-21(27)14-16-22)19(2)25-28-24-12-8-7-11-23(24)26(31)29(25)18-20-9-5-4-6-10-20/h4-16,19H,3,17-18H2,1-2H3. The Morgan fingerprint density at radius 1 is 0.971 bits per heavy atom. The van der Waals surface area contributed by atoms with Gasteiger partial charge in [0.2, 0.25) is 10.0 Å². The molecule has 4 rings (SSSR count). The number of sulfonamides is 1. The number of benzene rings is 3. The number of halogens is 1. The predicted octanol–water partition coefficient (Wildman–Crippen LogP) is 5.26. The molecule has 176 valence electrons. The molecule has 8 heteroatoms. The average molecular weight is 496 g/mol. The van der Waals surface area contributed by atoms with Crippen LogP contribution in [-0.4, -0.2) is 28.8 Å². The molecular formula is C26H26ClN3O3S. The SMILES string of the molecule is CCCN(C(C)c1nc2ccccc2c(=O)n1Cc1ccccc1)S(=O)(=O)c1ccc(Cl)cc1. The molecule has 0 aliphatic rings. The first-order chi connectivity index (χ1) is 16.3. The molecule has 1 atom stereocenters. The van der Waals surface area contributed by atoms with Gasteiger partial charge in [-0.15, -0.1) is 0 Å². The highest BCUT2D eigenvalue weighted by Gasteiger charge is 2.32. The Balaban J connectivity index is 1.88. The van der Waals surface area contributed by atoms with Crippen molar-refractivity contribution in [3.05, 3.63) is 106 Å². The minimum Gasteiger partial charge on any atom is -0.290 e. The van der Waals surface area contributed by atoms with Crippen molar-refractivity contribution >= 4 is 32.5 Å². The normalized spacial score (nSPS) is 12.8. The second kappa shape index (κ2) is 10.1. The quantitative estimate of drug-likeness (QED) is 0.334. The maximum absolute atomic E-state index is 13.6. The van der Waals surface area contributed by atoms with Crippen molar-refractivity contribution in [2.24, 2.45) is 0 Å². The van der Waals surface area contributed by atoms with Gasteiger partial charge >= 0.3 is 0 Å². The molecule has 0 aliphatic heterocycles. The summed E-state index contributed by atoms with van der Waals surface area (Å²) in [6.45, 7) is 4.27. The number of fused-ring (bicyclic) bond motifs is 1. The van der Waals surface area contributed by atoms with Gasteiger partial charge in [-0.2, -0.15) is 4.31 Å². The molecule has 34 heavy (non-hydrogen) atoms. The van der Waals surface area contributed by atoms with Crippen LogP contribution in [0, 0.1) is 0 Å². The van der Waals surface area contributed by atoms with Crippen molar-refractivity contribution in [3.8, 4) is 0 Å². The smallest absolute Gasteiger partial charge is 0.261 e. The van der Waals surface area contributed by atoms with E-state index < -0.39 is 16.1 Å². The lowest BCUT2D eigenvalue weighted by Gasteiger charge is -2.29. The van der Waals surface area contributed by atoms with E-state index in [0.717, 1.165) is 5.56 Å². The molecule has 1 aromatic heterocycles. The Morgan fingerprint density at radius 2 is 1.62 bits per heavy atom. The van der Waals surface area contributed by atoms with Gasteiger partial charge in [0.25, 0.3) is 5.56 Å². The van der Waals surface area contributed by atoms with Gasteiger partial charge in [0.15, 0.2) is 0 Å². The summed E-state index contributed by atoms with van der Waals surface area (Å²) in [5.74, 6) is 0.401. The third-order valence-corrected chi connectivity index (χ3v) is 7.98. The molecule has 1 unspecified atom stereocenters. The largest absolute Gasteiger partial charge is 0.290 e. The van der Waals surface area contributed by atoms with Gasteiger partial charge in [-0.1, -0.05) is 61.0 Å². The van der Waals surface area contributed by atoms with Crippen LogP contribution in [0.25, 0.3) is 10.9 Å². The van der Waals surface area contributed by atoms with Crippen molar-refractivity contribution < 1.29 is 8.42 Å². The lowest BCUT2D eigenvalue weighted by atomic mass is 10.2. The summed E-state index contributed by atoms with van der Waals surface area (Å²) in [6.07, 6.45) is 0.605. The van der Waals surface area contributed by atoms with Crippen LogP contribution >= 0.6 is 11.6 Å². The molecule has 0 saturated carbocycles. The number of rotatable bonds is 8. The summed E-state index contributed by atoms with van der Waals surface area (Å²) in [6, 6.07) is 22.2. The molecule has 6 nitrogen and oxygen atoms in total. The van der Waals surface area contributed by atoms with Gasteiger partial charge in [-0.25, -0.2) is 13.4 Å². The lowest BCUT2D eigenvalue weighted by Crippen LogP contribution is -2.38. The second-order valence-corrected chi connectivity index (χ2v) is 10.4. The third kappa shape index (κ3) is 4.78. The Bertz CT molecular complexity index is 1450. The van der Waals surface area contributed by atoms with Crippen LogP contribution in [0.4, 0.5) is 0 Å². The number of hydrogen-bond acceptors (Lipinski definition) is 4. The zero-order valence-electron chi connectivity index (χ0n) is 19.1. The first kappa shape index (κ1) is 24.1. The average Bonchev–Trinajstić information content (AvgIpc) is 2.84. The fourth-order valence-electron chi connectivity index (χ4n) is 4.04. The van der Waals surface area contributed by atoms with E-state index in [1.54, 1.807) is 41.8 Å². The minimum atomic E-state index is -3.86.